The molecule has 0 saturated heterocycles. The third-order valence-corrected chi connectivity index (χ3v) is 3.12. The maximum absolute atomic E-state index is 11.1. The molecule has 1 heterocycles. The number of ether oxygens (including phenoxy) is 2. The van der Waals surface area contributed by atoms with E-state index in [4.69, 9.17) is 15.2 Å². The molecule has 0 amide bonds. The highest BCUT2D eigenvalue weighted by molar-refractivity contribution is 5.80. The molecule has 0 radical (unpaired) electrons. The van der Waals surface area contributed by atoms with Crippen molar-refractivity contribution in [1.29, 1.82) is 0 Å². The van der Waals surface area contributed by atoms with Crippen molar-refractivity contribution in [3.63, 3.8) is 0 Å². The number of nitrogen functional groups attached to an aromatic ring is 1. The molecule has 2 N–H and O–H groups in total. The van der Waals surface area contributed by atoms with E-state index < -0.39 is 0 Å². The van der Waals surface area contributed by atoms with E-state index in [2.05, 4.69) is 4.98 Å². The summed E-state index contributed by atoms with van der Waals surface area (Å²) in [5.74, 6) is 1.41. The van der Waals surface area contributed by atoms with E-state index in [9.17, 15) is 4.79 Å². The standard InChI is InChI=1S/C16H14N2O3/c1-10(19)20-15-7-6-13-12(15)3-2-4-14(13)21-16-8-5-11(17)9-18-16/h2-5,7-9H,6,17H2,1H3. The monoisotopic (exact) mass is 282 g/mol. The number of carbonyl (C=O) groups is 1. The highest BCUT2D eigenvalue weighted by Crippen LogP contribution is 2.36. The van der Waals surface area contributed by atoms with Crippen molar-refractivity contribution in [2.24, 2.45) is 0 Å². The van der Waals surface area contributed by atoms with Gasteiger partial charge in [-0.05, 0) is 24.6 Å². The van der Waals surface area contributed by atoms with Crippen molar-refractivity contribution in [3.8, 4) is 11.6 Å². The quantitative estimate of drug-likeness (QED) is 0.876. The SMILES string of the molecule is CC(=O)OC1=CCc2c(Oc3ccc(N)cn3)cccc21. The molecular formula is C16H14N2O3. The topological polar surface area (TPSA) is 74.4 Å². The lowest BCUT2D eigenvalue weighted by Gasteiger charge is -2.11. The lowest BCUT2D eigenvalue weighted by atomic mass is 10.1. The van der Waals surface area contributed by atoms with Crippen LogP contribution in [0.5, 0.6) is 11.6 Å². The number of benzene rings is 1. The number of nitrogens with two attached hydrogens (primary N) is 1. The van der Waals surface area contributed by atoms with E-state index in [1.807, 2.05) is 24.3 Å². The van der Waals surface area contributed by atoms with Crippen LogP contribution in [-0.2, 0) is 16.0 Å². The van der Waals surface area contributed by atoms with Crippen molar-refractivity contribution in [1.82, 2.24) is 4.98 Å². The third-order valence-electron chi connectivity index (χ3n) is 3.12. The highest BCUT2D eigenvalue weighted by atomic mass is 16.5. The first-order valence-corrected chi connectivity index (χ1v) is 6.53. The maximum Gasteiger partial charge on any atom is 0.308 e. The predicted molar refractivity (Wildman–Crippen MR) is 78.6 cm³/mol. The molecule has 1 aliphatic carbocycles. The van der Waals surface area contributed by atoms with Gasteiger partial charge in [0.15, 0.2) is 0 Å². The molecule has 0 fully saturated rings. The number of pyridine rings is 1. The molecule has 106 valence electrons. The Kier molecular flexibility index (Phi) is 3.31. The Labute approximate surface area is 122 Å². The van der Waals surface area contributed by atoms with Crippen molar-refractivity contribution in [2.75, 3.05) is 5.73 Å². The summed E-state index contributed by atoms with van der Waals surface area (Å²) in [5, 5.41) is 0. The Bertz CT molecular complexity index is 721. The first-order valence-electron chi connectivity index (χ1n) is 6.53. The van der Waals surface area contributed by atoms with Gasteiger partial charge in [0.1, 0.15) is 11.5 Å². The third kappa shape index (κ3) is 2.72. The molecule has 0 atom stereocenters. The molecule has 0 unspecified atom stereocenters. The molecule has 3 rings (SSSR count). The van der Waals surface area contributed by atoms with Gasteiger partial charge < -0.3 is 15.2 Å². The van der Waals surface area contributed by atoms with E-state index in [0.717, 1.165) is 11.1 Å². The smallest absolute Gasteiger partial charge is 0.308 e. The number of hydrogen-bond acceptors (Lipinski definition) is 5. The molecule has 0 saturated carbocycles. The van der Waals surface area contributed by atoms with Gasteiger partial charge in [-0.3, -0.25) is 4.79 Å². The number of allylic oxidation sites excluding steroid dienone is 1. The highest BCUT2D eigenvalue weighted by Gasteiger charge is 2.20. The van der Waals surface area contributed by atoms with Crippen molar-refractivity contribution in [2.45, 2.75) is 13.3 Å². The molecule has 1 aromatic carbocycles. The average molecular weight is 282 g/mol. The molecule has 1 aliphatic rings. The second-order valence-corrected chi connectivity index (χ2v) is 4.68. The van der Waals surface area contributed by atoms with Gasteiger partial charge in [-0.15, -0.1) is 0 Å². The second kappa shape index (κ2) is 5.28. The van der Waals surface area contributed by atoms with Crippen LogP contribution in [0.3, 0.4) is 0 Å². The Morgan fingerprint density at radius 3 is 2.86 bits per heavy atom. The molecule has 2 aromatic rings. The van der Waals surface area contributed by atoms with Crippen LogP contribution in [0.15, 0.2) is 42.6 Å². The summed E-state index contributed by atoms with van der Waals surface area (Å²) >= 11 is 0. The van der Waals surface area contributed by atoms with Gasteiger partial charge in [0.25, 0.3) is 0 Å². The number of fused-ring (bicyclic) bond motifs is 1. The molecule has 1 aromatic heterocycles. The summed E-state index contributed by atoms with van der Waals surface area (Å²) < 4.78 is 11.0. The van der Waals surface area contributed by atoms with Crippen LogP contribution in [0, 0.1) is 0 Å². The van der Waals surface area contributed by atoms with Crippen LogP contribution >= 0.6 is 0 Å². The minimum absolute atomic E-state index is 0.333. The van der Waals surface area contributed by atoms with Crippen LogP contribution in [-0.4, -0.2) is 11.0 Å². The van der Waals surface area contributed by atoms with Crippen molar-refractivity contribution in [3.05, 3.63) is 53.7 Å². The molecule has 0 spiro atoms. The summed E-state index contributed by atoms with van der Waals surface area (Å²) in [6.07, 6.45) is 4.07. The maximum atomic E-state index is 11.1. The van der Waals surface area contributed by atoms with Gasteiger partial charge in [-0.25, -0.2) is 4.98 Å². The van der Waals surface area contributed by atoms with Crippen LogP contribution in [0.25, 0.3) is 5.76 Å². The summed E-state index contributed by atoms with van der Waals surface area (Å²) in [5.41, 5.74) is 8.04. The Balaban J connectivity index is 1.88. The van der Waals surface area contributed by atoms with E-state index in [0.29, 0.717) is 29.5 Å². The van der Waals surface area contributed by atoms with Crippen LogP contribution in [0.1, 0.15) is 18.1 Å². The van der Waals surface area contributed by atoms with Crippen LogP contribution in [0.4, 0.5) is 5.69 Å². The molecule has 0 aliphatic heterocycles. The molecule has 21 heavy (non-hydrogen) atoms. The van der Waals surface area contributed by atoms with Gasteiger partial charge in [0.05, 0.1) is 11.9 Å². The van der Waals surface area contributed by atoms with E-state index >= 15 is 0 Å². The lowest BCUT2D eigenvalue weighted by molar-refractivity contribution is -0.134. The van der Waals surface area contributed by atoms with Gasteiger partial charge in [0.2, 0.25) is 5.88 Å². The molecule has 5 heteroatoms. The first kappa shape index (κ1) is 13.2. The molecular weight excluding hydrogens is 268 g/mol. The van der Waals surface area contributed by atoms with Crippen LogP contribution in [0.2, 0.25) is 0 Å². The zero-order chi connectivity index (χ0) is 14.8. The number of rotatable bonds is 3. The summed E-state index contributed by atoms with van der Waals surface area (Å²) in [6.45, 7) is 1.39. The predicted octanol–water partition coefficient (Wildman–Crippen LogP) is 2.92. The van der Waals surface area contributed by atoms with E-state index in [1.165, 1.54) is 6.92 Å². The minimum Gasteiger partial charge on any atom is -0.439 e. The molecule has 0 bridgehead atoms. The van der Waals surface area contributed by atoms with Gasteiger partial charge in [0, 0.05) is 24.1 Å². The lowest BCUT2D eigenvalue weighted by Crippen LogP contribution is -1.98. The van der Waals surface area contributed by atoms with Gasteiger partial charge in [-0.1, -0.05) is 12.1 Å². The van der Waals surface area contributed by atoms with Crippen molar-refractivity contribution < 1.29 is 14.3 Å². The largest absolute Gasteiger partial charge is 0.439 e. The number of aromatic nitrogens is 1. The van der Waals surface area contributed by atoms with Crippen molar-refractivity contribution >= 4 is 17.4 Å². The second-order valence-electron chi connectivity index (χ2n) is 4.68. The number of nitrogens with zero attached hydrogens (tertiary/aromatic N) is 1. The summed E-state index contributed by atoms with van der Waals surface area (Å²) in [7, 11) is 0. The summed E-state index contributed by atoms with van der Waals surface area (Å²) in [4.78, 5) is 15.2. The normalized spacial score (nSPS) is 12.5. The van der Waals surface area contributed by atoms with Crippen LogP contribution < -0.4 is 10.5 Å². The number of hydrogen-bond donors (Lipinski definition) is 1. The number of esters is 1. The van der Waals surface area contributed by atoms with Gasteiger partial charge >= 0.3 is 5.97 Å². The number of carbonyl (C=O) groups excluding carboxylic acids is 1. The fourth-order valence-corrected chi connectivity index (χ4v) is 2.22. The van der Waals surface area contributed by atoms with Gasteiger partial charge in [-0.2, -0.15) is 0 Å². The Hall–Kier alpha value is -2.82. The first-order chi connectivity index (χ1) is 10.1. The minimum atomic E-state index is -0.333. The molecule has 5 nitrogen and oxygen atoms in total. The Morgan fingerprint density at radius 2 is 2.14 bits per heavy atom. The van der Waals surface area contributed by atoms with E-state index in [-0.39, 0.29) is 5.97 Å². The number of anilines is 1. The average Bonchev–Trinajstić information content (AvgIpc) is 2.85. The van der Waals surface area contributed by atoms with E-state index in [1.54, 1.807) is 18.3 Å². The fourth-order valence-electron chi connectivity index (χ4n) is 2.22. The zero-order valence-electron chi connectivity index (χ0n) is 11.5. The fraction of sp³-hybridized carbons (Fsp3) is 0.125. The zero-order valence-corrected chi connectivity index (χ0v) is 11.5. The summed E-state index contributed by atoms with van der Waals surface area (Å²) in [6, 6.07) is 9.06. The Morgan fingerprint density at radius 1 is 1.29 bits per heavy atom.